The van der Waals surface area contributed by atoms with E-state index in [0.717, 1.165) is 51.0 Å². The molecule has 0 unspecified atom stereocenters. The van der Waals surface area contributed by atoms with Crippen LogP contribution in [0.2, 0.25) is 0 Å². The Morgan fingerprint density at radius 1 is 1.00 bits per heavy atom. The fraction of sp³-hybridized carbons (Fsp3) is 0.467. The molecule has 1 aromatic rings. The summed E-state index contributed by atoms with van der Waals surface area (Å²) in [4.78, 5) is 2.58. The molecule has 4 nitrogen and oxygen atoms in total. The Bertz CT molecular complexity index is 1140. The molecule has 0 fully saturated rings. The number of anilines is 1. The van der Waals surface area contributed by atoms with Gasteiger partial charge in [-0.2, -0.15) is 10.5 Å². The highest BCUT2D eigenvalue weighted by atomic mass is 16.5. The van der Waals surface area contributed by atoms with Gasteiger partial charge in [0.15, 0.2) is 0 Å². The van der Waals surface area contributed by atoms with E-state index in [4.69, 9.17) is 4.74 Å². The molecule has 176 valence electrons. The number of nitrogens with zero attached hydrogens (tertiary/aromatic N) is 3. The van der Waals surface area contributed by atoms with Crippen molar-refractivity contribution in [3.05, 3.63) is 69.7 Å². The highest BCUT2D eigenvalue weighted by Crippen LogP contribution is 2.49. The van der Waals surface area contributed by atoms with Gasteiger partial charge >= 0.3 is 0 Å². The summed E-state index contributed by atoms with van der Waals surface area (Å²) in [5, 5.41) is 18.8. The monoisotopic (exact) mass is 453 g/mol. The molecule has 34 heavy (non-hydrogen) atoms. The van der Waals surface area contributed by atoms with Crippen LogP contribution in [-0.2, 0) is 15.6 Å². The lowest BCUT2D eigenvalue weighted by atomic mass is 9.69. The molecule has 3 aliphatic heterocycles. The largest absolute Gasteiger partial charge is 0.462 e. The molecular formula is C30H35N3O. The van der Waals surface area contributed by atoms with Gasteiger partial charge in [0.25, 0.3) is 0 Å². The van der Waals surface area contributed by atoms with E-state index >= 15 is 0 Å². The lowest BCUT2D eigenvalue weighted by Gasteiger charge is -2.48. The first kappa shape index (κ1) is 23.9. The van der Waals surface area contributed by atoms with E-state index in [1.807, 2.05) is 24.3 Å². The first-order valence-electron chi connectivity index (χ1n) is 12.4. The SMILES string of the molecule is CCCCC1=CC(=C(C#N)C#N)C=C(/C=C/c2cc3c4c(c2)C(C)(C)CCN4CCC3(C)C)O1. The summed E-state index contributed by atoms with van der Waals surface area (Å²) >= 11 is 0. The Balaban J connectivity index is 1.74. The molecule has 0 aliphatic carbocycles. The van der Waals surface area contributed by atoms with Crippen LogP contribution in [0.25, 0.3) is 6.08 Å². The molecule has 0 bridgehead atoms. The minimum absolute atomic E-state index is 0.116. The molecule has 0 saturated heterocycles. The van der Waals surface area contributed by atoms with E-state index in [-0.39, 0.29) is 16.4 Å². The molecule has 1 aromatic carbocycles. The summed E-state index contributed by atoms with van der Waals surface area (Å²) in [6.07, 6.45) is 12.9. The van der Waals surface area contributed by atoms with E-state index in [0.29, 0.717) is 11.3 Å². The van der Waals surface area contributed by atoms with Gasteiger partial charge in [0.05, 0.1) is 0 Å². The Kier molecular flexibility index (Phi) is 6.46. The molecule has 0 aromatic heterocycles. The molecule has 4 heteroatoms. The van der Waals surface area contributed by atoms with Gasteiger partial charge in [0, 0.05) is 30.8 Å². The second kappa shape index (κ2) is 9.19. The number of hydrogen-bond donors (Lipinski definition) is 0. The maximum absolute atomic E-state index is 9.38. The van der Waals surface area contributed by atoms with Gasteiger partial charge in [-0.1, -0.05) is 47.1 Å². The van der Waals surface area contributed by atoms with Crippen LogP contribution in [0.15, 0.2) is 53.0 Å². The number of hydrogen-bond acceptors (Lipinski definition) is 4. The molecule has 0 atom stereocenters. The second-order valence-electron chi connectivity index (χ2n) is 11.0. The van der Waals surface area contributed by atoms with Crippen molar-refractivity contribution in [1.82, 2.24) is 0 Å². The summed E-state index contributed by atoms with van der Waals surface area (Å²) in [5.74, 6) is 1.47. The highest BCUT2D eigenvalue weighted by molar-refractivity contribution is 5.72. The maximum atomic E-state index is 9.38. The van der Waals surface area contributed by atoms with Gasteiger partial charge in [-0.05, 0) is 77.1 Å². The van der Waals surface area contributed by atoms with Crippen molar-refractivity contribution in [2.75, 3.05) is 18.0 Å². The molecule has 3 heterocycles. The van der Waals surface area contributed by atoms with Gasteiger partial charge in [-0.3, -0.25) is 0 Å². The number of allylic oxidation sites excluding steroid dienone is 6. The van der Waals surface area contributed by atoms with Crippen LogP contribution in [0.5, 0.6) is 0 Å². The van der Waals surface area contributed by atoms with E-state index in [2.05, 4.69) is 57.7 Å². The van der Waals surface area contributed by atoms with Gasteiger partial charge in [-0.25, -0.2) is 0 Å². The van der Waals surface area contributed by atoms with Crippen LogP contribution in [-0.4, -0.2) is 13.1 Å². The molecule has 0 saturated carbocycles. The fourth-order valence-electron chi connectivity index (χ4n) is 5.17. The average molecular weight is 454 g/mol. The molecule has 0 N–H and O–H groups in total. The van der Waals surface area contributed by atoms with E-state index in [1.165, 1.54) is 22.4 Å². The maximum Gasteiger partial charge on any atom is 0.137 e. The number of benzene rings is 1. The first-order valence-corrected chi connectivity index (χ1v) is 12.4. The molecular weight excluding hydrogens is 418 g/mol. The van der Waals surface area contributed by atoms with Crippen molar-refractivity contribution in [3.8, 4) is 12.1 Å². The zero-order valence-corrected chi connectivity index (χ0v) is 21.2. The number of unbranched alkanes of at least 4 members (excludes halogenated alkanes) is 1. The number of nitriles is 2. The predicted octanol–water partition coefficient (Wildman–Crippen LogP) is 7.20. The smallest absolute Gasteiger partial charge is 0.137 e. The van der Waals surface area contributed by atoms with Crippen LogP contribution in [0.3, 0.4) is 0 Å². The molecule has 4 rings (SSSR count). The second-order valence-corrected chi connectivity index (χ2v) is 11.0. The van der Waals surface area contributed by atoms with Crippen LogP contribution in [0, 0.1) is 22.7 Å². The first-order chi connectivity index (χ1) is 16.2. The van der Waals surface area contributed by atoms with Crippen molar-refractivity contribution in [2.45, 2.75) is 77.6 Å². The van der Waals surface area contributed by atoms with E-state index in [1.54, 1.807) is 6.08 Å². The van der Waals surface area contributed by atoms with Gasteiger partial charge in [0.2, 0.25) is 0 Å². The minimum atomic E-state index is 0.116. The van der Waals surface area contributed by atoms with Crippen molar-refractivity contribution < 1.29 is 4.74 Å². The van der Waals surface area contributed by atoms with Crippen molar-refractivity contribution in [3.63, 3.8) is 0 Å². The molecule has 3 aliphatic rings. The lowest BCUT2D eigenvalue weighted by Crippen LogP contribution is -2.44. The van der Waals surface area contributed by atoms with Crippen LogP contribution in [0.1, 0.15) is 83.4 Å². The van der Waals surface area contributed by atoms with Crippen molar-refractivity contribution >= 4 is 11.8 Å². The average Bonchev–Trinajstić information content (AvgIpc) is 2.81. The van der Waals surface area contributed by atoms with E-state index < -0.39 is 0 Å². The summed E-state index contributed by atoms with van der Waals surface area (Å²) in [6.45, 7) is 13.8. The quantitative estimate of drug-likeness (QED) is 0.442. The Labute approximate surface area is 204 Å². The Hall–Kier alpha value is -3.24. The summed E-state index contributed by atoms with van der Waals surface area (Å²) < 4.78 is 6.13. The standard InChI is InChI=1S/C30H35N3O/c1-6-7-8-24-17-22(23(19-31)20-32)18-25(34-24)10-9-21-15-26-28-27(16-21)30(4,5)12-14-33(28)13-11-29(26,2)3/h9-10,15-18H,6-8,11-14H2,1-5H3/b10-9+. The Morgan fingerprint density at radius 2 is 1.62 bits per heavy atom. The molecule has 0 radical (unpaired) electrons. The predicted molar refractivity (Wildman–Crippen MR) is 138 cm³/mol. The number of rotatable bonds is 5. The van der Waals surface area contributed by atoms with Gasteiger partial charge in [-0.15, -0.1) is 0 Å². The molecule has 0 amide bonds. The zero-order chi connectivity index (χ0) is 24.5. The Morgan fingerprint density at radius 3 is 2.18 bits per heavy atom. The molecule has 0 spiro atoms. The van der Waals surface area contributed by atoms with E-state index in [9.17, 15) is 10.5 Å². The van der Waals surface area contributed by atoms with Crippen LogP contribution >= 0.6 is 0 Å². The normalized spacial score (nSPS) is 20.0. The van der Waals surface area contributed by atoms with Crippen LogP contribution < -0.4 is 4.90 Å². The third-order valence-electron chi connectivity index (χ3n) is 7.51. The fourth-order valence-corrected chi connectivity index (χ4v) is 5.17. The summed E-state index contributed by atoms with van der Waals surface area (Å²) in [5.41, 5.74) is 6.49. The highest BCUT2D eigenvalue weighted by Gasteiger charge is 2.39. The van der Waals surface area contributed by atoms with Crippen molar-refractivity contribution in [2.24, 2.45) is 0 Å². The summed E-state index contributed by atoms with van der Waals surface area (Å²) in [7, 11) is 0. The lowest BCUT2D eigenvalue weighted by molar-refractivity contribution is 0.297. The van der Waals surface area contributed by atoms with Gasteiger partial charge in [0.1, 0.15) is 29.2 Å². The zero-order valence-electron chi connectivity index (χ0n) is 21.2. The third-order valence-corrected chi connectivity index (χ3v) is 7.51. The topological polar surface area (TPSA) is 60.0 Å². The summed E-state index contributed by atoms with van der Waals surface area (Å²) in [6, 6.07) is 8.71. The third kappa shape index (κ3) is 4.55. The van der Waals surface area contributed by atoms with Gasteiger partial charge < -0.3 is 9.64 Å². The van der Waals surface area contributed by atoms with Crippen molar-refractivity contribution in [1.29, 1.82) is 10.5 Å². The van der Waals surface area contributed by atoms with Crippen LogP contribution in [0.4, 0.5) is 5.69 Å². The number of ether oxygens (including phenoxy) is 1. The minimum Gasteiger partial charge on any atom is -0.462 e.